The number of halogens is 2. The molecule has 2 aromatic rings. The van der Waals surface area contributed by atoms with Crippen molar-refractivity contribution in [3.8, 4) is 0 Å². The first kappa shape index (κ1) is 13.2. The van der Waals surface area contributed by atoms with Gasteiger partial charge in [0.05, 0.1) is 11.4 Å². The Bertz CT molecular complexity index is 625. The lowest BCUT2D eigenvalue weighted by molar-refractivity contribution is 0.101. The SMILES string of the molecule is CC(=O)c1ccc(N(C)c2ccccc2F)c(F)c1. The highest BCUT2D eigenvalue weighted by atomic mass is 19.1. The average Bonchev–Trinajstić information content (AvgIpc) is 2.38. The van der Waals surface area contributed by atoms with E-state index in [0.717, 1.165) is 6.07 Å². The number of ketones is 1. The third kappa shape index (κ3) is 2.62. The van der Waals surface area contributed by atoms with Crippen LogP contribution in [0.3, 0.4) is 0 Å². The maximum Gasteiger partial charge on any atom is 0.159 e. The van der Waals surface area contributed by atoms with Gasteiger partial charge in [-0.2, -0.15) is 0 Å². The van der Waals surface area contributed by atoms with Gasteiger partial charge in [-0.1, -0.05) is 12.1 Å². The van der Waals surface area contributed by atoms with Gasteiger partial charge < -0.3 is 4.90 Å². The molecule has 0 radical (unpaired) electrons. The van der Waals surface area contributed by atoms with Crippen LogP contribution in [-0.4, -0.2) is 12.8 Å². The van der Waals surface area contributed by atoms with Crippen LogP contribution in [0.25, 0.3) is 0 Å². The van der Waals surface area contributed by atoms with Crippen molar-refractivity contribution in [1.29, 1.82) is 0 Å². The average molecular weight is 261 g/mol. The Kier molecular flexibility index (Phi) is 3.60. The first-order chi connectivity index (χ1) is 9.00. The Morgan fingerprint density at radius 3 is 2.21 bits per heavy atom. The fraction of sp³-hybridized carbons (Fsp3) is 0.133. The lowest BCUT2D eigenvalue weighted by Crippen LogP contribution is -2.13. The third-order valence-corrected chi connectivity index (χ3v) is 2.93. The number of hydrogen-bond donors (Lipinski definition) is 0. The molecule has 0 aliphatic rings. The Hall–Kier alpha value is -2.23. The lowest BCUT2D eigenvalue weighted by Gasteiger charge is -2.20. The molecule has 0 unspecified atom stereocenters. The summed E-state index contributed by atoms with van der Waals surface area (Å²) in [6.07, 6.45) is 0. The van der Waals surface area contributed by atoms with E-state index in [4.69, 9.17) is 0 Å². The predicted molar refractivity (Wildman–Crippen MR) is 70.9 cm³/mol. The molecule has 0 aliphatic heterocycles. The normalized spacial score (nSPS) is 10.3. The van der Waals surface area contributed by atoms with Crippen LogP contribution >= 0.6 is 0 Å². The van der Waals surface area contributed by atoms with Crippen LogP contribution in [-0.2, 0) is 0 Å². The van der Waals surface area contributed by atoms with Gasteiger partial charge in [0, 0.05) is 12.6 Å². The highest BCUT2D eigenvalue weighted by molar-refractivity contribution is 5.94. The topological polar surface area (TPSA) is 20.3 Å². The van der Waals surface area contributed by atoms with Crippen molar-refractivity contribution in [2.24, 2.45) is 0 Å². The van der Waals surface area contributed by atoms with Crippen LogP contribution in [0.2, 0.25) is 0 Å². The fourth-order valence-electron chi connectivity index (χ4n) is 1.85. The van der Waals surface area contributed by atoms with Crippen molar-refractivity contribution in [3.63, 3.8) is 0 Å². The minimum Gasteiger partial charge on any atom is -0.340 e. The van der Waals surface area contributed by atoms with Gasteiger partial charge in [0.1, 0.15) is 11.6 Å². The Morgan fingerprint density at radius 2 is 1.63 bits per heavy atom. The summed E-state index contributed by atoms with van der Waals surface area (Å²) in [6, 6.07) is 10.3. The molecule has 0 saturated carbocycles. The molecule has 0 N–H and O–H groups in total. The van der Waals surface area contributed by atoms with Crippen LogP contribution in [0.4, 0.5) is 20.2 Å². The molecule has 2 nitrogen and oxygen atoms in total. The van der Waals surface area contributed by atoms with Crippen LogP contribution < -0.4 is 4.90 Å². The maximum absolute atomic E-state index is 14.0. The summed E-state index contributed by atoms with van der Waals surface area (Å²) in [5.41, 5.74) is 0.787. The van der Waals surface area contributed by atoms with E-state index < -0.39 is 11.6 Å². The molecule has 0 fully saturated rings. The predicted octanol–water partition coefficient (Wildman–Crippen LogP) is 3.94. The second-order valence-electron chi connectivity index (χ2n) is 4.23. The van der Waals surface area contributed by atoms with Crippen molar-refractivity contribution in [1.82, 2.24) is 0 Å². The molecule has 2 aromatic carbocycles. The second-order valence-corrected chi connectivity index (χ2v) is 4.23. The molecule has 0 aromatic heterocycles. The molecule has 0 aliphatic carbocycles. The highest BCUT2D eigenvalue weighted by Gasteiger charge is 2.14. The summed E-state index contributed by atoms with van der Waals surface area (Å²) in [4.78, 5) is 12.6. The summed E-state index contributed by atoms with van der Waals surface area (Å²) in [5.74, 6) is -1.20. The molecule has 0 atom stereocenters. The molecular weight excluding hydrogens is 248 g/mol. The van der Waals surface area contributed by atoms with Gasteiger partial charge in [0.15, 0.2) is 5.78 Å². The molecular formula is C15H13F2NO. The highest BCUT2D eigenvalue weighted by Crippen LogP contribution is 2.28. The molecule has 4 heteroatoms. The molecule has 2 rings (SSSR count). The summed E-state index contributed by atoms with van der Waals surface area (Å²) in [5, 5.41) is 0. The zero-order valence-electron chi connectivity index (χ0n) is 10.7. The second kappa shape index (κ2) is 5.18. The van der Waals surface area contributed by atoms with Gasteiger partial charge in [0.25, 0.3) is 0 Å². The van der Waals surface area contributed by atoms with E-state index in [2.05, 4.69) is 0 Å². The van der Waals surface area contributed by atoms with E-state index in [1.165, 1.54) is 30.0 Å². The number of nitrogens with zero attached hydrogens (tertiary/aromatic N) is 1. The first-order valence-electron chi connectivity index (χ1n) is 5.79. The van der Waals surface area contributed by atoms with Gasteiger partial charge in [-0.05, 0) is 37.3 Å². The minimum atomic E-state index is -0.557. The maximum atomic E-state index is 14.0. The smallest absolute Gasteiger partial charge is 0.159 e. The van der Waals surface area contributed by atoms with Crippen molar-refractivity contribution < 1.29 is 13.6 Å². The summed E-state index contributed by atoms with van der Waals surface area (Å²) in [7, 11) is 1.57. The largest absolute Gasteiger partial charge is 0.340 e. The molecule has 0 saturated heterocycles. The molecule has 0 bridgehead atoms. The molecule has 0 amide bonds. The number of benzene rings is 2. The summed E-state index contributed by atoms with van der Waals surface area (Å²) < 4.78 is 27.6. The number of carbonyl (C=O) groups is 1. The molecule has 0 heterocycles. The van der Waals surface area contributed by atoms with Crippen molar-refractivity contribution in [2.45, 2.75) is 6.92 Å². The molecule has 0 spiro atoms. The van der Waals surface area contributed by atoms with Crippen LogP contribution in [0, 0.1) is 11.6 Å². The van der Waals surface area contributed by atoms with Gasteiger partial charge in [-0.3, -0.25) is 4.79 Å². The van der Waals surface area contributed by atoms with Crippen LogP contribution in [0.1, 0.15) is 17.3 Å². The molecule has 19 heavy (non-hydrogen) atoms. The Morgan fingerprint density at radius 1 is 1.00 bits per heavy atom. The van der Waals surface area contributed by atoms with E-state index >= 15 is 0 Å². The third-order valence-electron chi connectivity index (χ3n) is 2.93. The van der Waals surface area contributed by atoms with E-state index in [1.807, 2.05) is 0 Å². The number of hydrogen-bond acceptors (Lipinski definition) is 2. The van der Waals surface area contributed by atoms with Crippen molar-refractivity contribution in [2.75, 3.05) is 11.9 Å². The number of Topliss-reactive ketones (excluding diaryl/α,β-unsaturated/α-hetero) is 1. The number of carbonyl (C=O) groups excluding carboxylic acids is 1. The number of rotatable bonds is 3. The Balaban J connectivity index is 2.42. The minimum absolute atomic E-state index is 0.209. The van der Waals surface area contributed by atoms with E-state index in [1.54, 1.807) is 25.2 Å². The van der Waals surface area contributed by atoms with Crippen LogP contribution in [0.15, 0.2) is 42.5 Å². The molecule has 98 valence electrons. The zero-order chi connectivity index (χ0) is 14.0. The van der Waals surface area contributed by atoms with E-state index in [9.17, 15) is 13.6 Å². The monoisotopic (exact) mass is 261 g/mol. The van der Waals surface area contributed by atoms with Gasteiger partial charge >= 0.3 is 0 Å². The van der Waals surface area contributed by atoms with Gasteiger partial charge in [0.2, 0.25) is 0 Å². The summed E-state index contributed by atoms with van der Waals surface area (Å²) >= 11 is 0. The summed E-state index contributed by atoms with van der Waals surface area (Å²) in [6.45, 7) is 1.37. The Labute approximate surface area is 110 Å². The number of para-hydroxylation sites is 1. The van der Waals surface area contributed by atoms with Gasteiger partial charge in [-0.15, -0.1) is 0 Å². The zero-order valence-corrected chi connectivity index (χ0v) is 10.7. The van der Waals surface area contributed by atoms with Crippen molar-refractivity contribution in [3.05, 3.63) is 59.7 Å². The quantitative estimate of drug-likeness (QED) is 0.780. The first-order valence-corrected chi connectivity index (χ1v) is 5.79. The van der Waals surface area contributed by atoms with E-state index in [-0.39, 0.29) is 17.2 Å². The fourth-order valence-corrected chi connectivity index (χ4v) is 1.85. The number of anilines is 2. The lowest BCUT2D eigenvalue weighted by atomic mass is 10.1. The van der Waals surface area contributed by atoms with Crippen molar-refractivity contribution >= 4 is 17.2 Å². The van der Waals surface area contributed by atoms with E-state index in [0.29, 0.717) is 5.56 Å². The van der Waals surface area contributed by atoms with Gasteiger partial charge in [-0.25, -0.2) is 8.78 Å². The van der Waals surface area contributed by atoms with Crippen LogP contribution in [0.5, 0.6) is 0 Å². The standard InChI is InChI=1S/C15H13F2NO/c1-10(19)11-7-8-15(13(17)9-11)18(2)14-6-4-3-5-12(14)16/h3-9H,1-2H3.